The Balaban J connectivity index is 0.00000144. The topological polar surface area (TPSA) is 46.2 Å². The highest BCUT2D eigenvalue weighted by molar-refractivity contribution is 5.85. The first-order valence-corrected chi connectivity index (χ1v) is 4.12. The second-order valence-corrected chi connectivity index (χ2v) is 3.12. The molecular formula is C10H16ClNO. The lowest BCUT2D eigenvalue weighted by molar-refractivity contribution is 0.164. The van der Waals surface area contributed by atoms with Crippen LogP contribution in [0.4, 0.5) is 0 Å². The van der Waals surface area contributed by atoms with E-state index < -0.39 is 6.10 Å². The van der Waals surface area contributed by atoms with E-state index >= 15 is 0 Å². The largest absolute Gasteiger partial charge is 0.391 e. The lowest BCUT2D eigenvalue weighted by Gasteiger charge is -2.16. The average Bonchev–Trinajstić information content (AvgIpc) is 2.04. The Bertz CT molecular complexity index is 263. The van der Waals surface area contributed by atoms with E-state index in [1.165, 1.54) is 0 Å². The predicted octanol–water partition coefficient (Wildman–Crippen LogP) is 1.80. The SMILES string of the molecule is Cc1ccccc1[C@H](N)[C@@H](C)O.Cl. The van der Waals surface area contributed by atoms with Crippen LogP contribution < -0.4 is 5.73 Å². The van der Waals surface area contributed by atoms with Crippen molar-refractivity contribution in [1.82, 2.24) is 0 Å². The van der Waals surface area contributed by atoms with Gasteiger partial charge in [0, 0.05) is 0 Å². The van der Waals surface area contributed by atoms with Crippen LogP contribution >= 0.6 is 12.4 Å². The van der Waals surface area contributed by atoms with Gasteiger partial charge in [0.2, 0.25) is 0 Å². The first-order valence-electron chi connectivity index (χ1n) is 4.12. The maximum Gasteiger partial charge on any atom is 0.0704 e. The normalized spacial score (nSPS) is 14.5. The number of aliphatic hydroxyl groups excluding tert-OH is 1. The molecule has 1 aromatic carbocycles. The molecule has 0 aromatic heterocycles. The molecule has 0 saturated carbocycles. The molecule has 2 nitrogen and oxygen atoms in total. The zero-order chi connectivity index (χ0) is 9.14. The minimum absolute atomic E-state index is 0. The molecule has 0 bridgehead atoms. The van der Waals surface area contributed by atoms with E-state index in [0.29, 0.717) is 0 Å². The van der Waals surface area contributed by atoms with Crippen LogP contribution in [0.3, 0.4) is 0 Å². The fraction of sp³-hybridized carbons (Fsp3) is 0.400. The second kappa shape index (κ2) is 5.22. The minimum Gasteiger partial charge on any atom is -0.391 e. The maximum absolute atomic E-state index is 9.27. The minimum atomic E-state index is -0.494. The number of aliphatic hydroxyl groups is 1. The van der Waals surface area contributed by atoms with E-state index in [1.807, 2.05) is 31.2 Å². The summed E-state index contributed by atoms with van der Waals surface area (Å²) in [5.41, 5.74) is 7.94. The van der Waals surface area contributed by atoms with Crippen LogP contribution in [0.25, 0.3) is 0 Å². The Morgan fingerprint density at radius 2 is 1.85 bits per heavy atom. The molecule has 3 N–H and O–H groups in total. The van der Waals surface area contributed by atoms with Gasteiger partial charge in [0.1, 0.15) is 0 Å². The van der Waals surface area contributed by atoms with Crippen molar-refractivity contribution in [2.45, 2.75) is 26.0 Å². The van der Waals surface area contributed by atoms with Crippen molar-refractivity contribution in [3.8, 4) is 0 Å². The Hall–Kier alpha value is -0.570. The lowest BCUT2D eigenvalue weighted by atomic mass is 9.99. The number of hydrogen-bond acceptors (Lipinski definition) is 2. The molecule has 0 radical (unpaired) electrons. The second-order valence-electron chi connectivity index (χ2n) is 3.12. The molecule has 74 valence electrons. The number of rotatable bonds is 2. The van der Waals surface area contributed by atoms with Gasteiger partial charge in [0.25, 0.3) is 0 Å². The molecule has 3 heteroatoms. The van der Waals surface area contributed by atoms with E-state index in [9.17, 15) is 5.11 Å². The van der Waals surface area contributed by atoms with Gasteiger partial charge in [-0.2, -0.15) is 0 Å². The number of benzene rings is 1. The number of halogens is 1. The van der Waals surface area contributed by atoms with E-state index in [2.05, 4.69) is 0 Å². The van der Waals surface area contributed by atoms with E-state index in [0.717, 1.165) is 11.1 Å². The van der Waals surface area contributed by atoms with Crippen molar-refractivity contribution in [1.29, 1.82) is 0 Å². The van der Waals surface area contributed by atoms with Gasteiger partial charge in [-0.3, -0.25) is 0 Å². The van der Waals surface area contributed by atoms with E-state index in [-0.39, 0.29) is 18.4 Å². The van der Waals surface area contributed by atoms with Gasteiger partial charge in [-0.05, 0) is 25.0 Å². The zero-order valence-corrected chi connectivity index (χ0v) is 8.71. The van der Waals surface area contributed by atoms with Crippen molar-refractivity contribution in [3.63, 3.8) is 0 Å². The first kappa shape index (κ1) is 12.4. The summed E-state index contributed by atoms with van der Waals surface area (Å²) in [7, 11) is 0. The highest BCUT2D eigenvalue weighted by Crippen LogP contribution is 2.17. The summed E-state index contributed by atoms with van der Waals surface area (Å²) in [6, 6.07) is 7.58. The molecule has 0 amide bonds. The average molecular weight is 202 g/mol. The molecule has 1 aromatic rings. The fourth-order valence-corrected chi connectivity index (χ4v) is 1.22. The van der Waals surface area contributed by atoms with Crippen LogP contribution in [0, 0.1) is 6.92 Å². The van der Waals surface area contributed by atoms with Crippen molar-refractivity contribution < 1.29 is 5.11 Å². The molecule has 0 aliphatic heterocycles. The third-order valence-electron chi connectivity index (χ3n) is 2.07. The summed E-state index contributed by atoms with van der Waals surface area (Å²) in [6.07, 6.45) is -0.494. The summed E-state index contributed by atoms with van der Waals surface area (Å²) >= 11 is 0. The summed E-state index contributed by atoms with van der Waals surface area (Å²) < 4.78 is 0. The molecule has 1 rings (SSSR count). The van der Waals surface area contributed by atoms with Crippen molar-refractivity contribution >= 4 is 12.4 Å². The Labute approximate surface area is 85.2 Å². The summed E-state index contributed by atoms with van der Waals surface area (Å²) in [4.78, 5) is 0. The van der Waals surface area contributed by atoms with Gasteiger partial charge in [0.05, 0.1) is 12.1 Å². The number of aryl methyl sites for hydroxylation is 1. The van der Waals surface area contributed by atoms with Crippen molar-refractivity contribution in [2.24, 2.45) is 5.73 Å². The molecule has 0 heterocycles. The Morgan fingerprint density at radius 3 is 2.31 bits per heavy atom. The Kier molecular flexibility index (Phi) is 4.99. The molecule has 0 unspecified atom stereocenters. The third kappa shape index (κ3) is 2.99. The third-order valence-corrected chi connectivity index (χ3v) is 2.07. The zero-order valence-electron chi connectivity index (χ0n) is 7.90. The van der Waals surface area contributed by atoms with Crippen LogP contribution in [-0.4, -0.2) is 11.2 Å². The summed E-state index contributed by atoms with van der Waals surface area (Å²) in [5.74, 6) is 0. The fourth-order valence-electron chi connectivity index (χ4n) is 1.22. The smallest absolute Gasteiger partial charge is 0.0704 e. The molecule has 0 saturated heterocycles. The lowest BCUT2D eigenvalue weighted by Crippen LogP contribution is -2.23. The van der Waals surface area contributed by atoms with Gasteiger partial charge < -0.3 is 10.8 Å². The van der Waals surface area contributed by atoms with Crippen LogP contribution in [0.15, 0.2) is 24.3 Å². The van der Waals surface area contributed by atoms with Gasteiger partial charge in [-0.25, -0.2) is 0 Å². The van der Waals surface area contributed by atoms with Gasteiger partial charge in [-0.15, -0.1) is 12.4 Å². The summed E-state index contributed by atoms with van der Waals surface area (Å²) in [5, 5.41) is 9.27. The maximum atomic E-state index is 9.27. The van der Waals surface area contributed by atoms with Crippen LogP contribution in [-0.2, 0) is 0 Å². The highest BCUT2D eigenvalue weighted by Gasteiger charge is 2.12. The van der Waals surface area contributed by atoms with Crippen LogP contribution in [0.2, 0.25) is 0 Å². The van der Waals surface area contributed by atoms with E-state index in [1.54, 1.807) is 6.92 Å². The number of nitrogens with two attached hydrogens (primary N) is 1. The predicted molar refractivity (Wildman–Crippen MR) is 57.0 cm³/mol. The van der Waals surface area contributed by atoms with Gasteiger partial charge in [0.15, 0.2) is 0 Å². The molecule has 0 aliphatic carbocycles. The molecule has 13 heavy (non-hydrogen) atoms. The van der Waals surface area contributed by atoms with Crippen molar-refractivity contribution in [2.75, 3.05) is 0 Å². The molecule has 0 spiro atoms. The van der Waals surface area contributed by atoms with Gasteiger partial charge in [-0.1, -0.05) is 24.3 Å². The molecular weight excluding hydrogens is 186 g/mol. The molecule has 0 aliphatic rings. The molecule has 0 fully saturated rings. The van der Waals surface area contributed by atoms with Crippen LogP contribution in [0.5, 0.6) is 0 Å². The van der Waals surface area contributed by atoms with Crippen LogP contribution in [0.1, 0.15) is 24.1 Å². The monoisotopic (exact) mass is 201 g/mol. The first-order chi connectivity index (χ1) is 5.63. The highest BCUT2D eigenvalue weighted by atomic mass is 35.5. The standard InChI is InChI=1S/C10H15NO.ClH/c1-7-5-3-4-6-9(7)10(11)8(2)12;/h3-6,8,10,12H,11H2,1-2H3;1H/t8-,10-;/m1./s1. The summed E-state index contributed by atoms with van der Waals surface area (Å²) in [6.45, 7) is 3.70. The molecule has 2 atom stereocenters. The van der Waals surface area contributed by atoms with Gasteiger partial charge >= 0.3 is 0 Å². The van der Waals surface area contributed by atoms with Crippen molar-refractivity contribution in [3.05, 3.63) is 35.4 Å². The van der Waals surface area contributed by atoms with E-state index in [4.69, 9.17) is 5.73 Å². The quantitative estimate of drug-likeness (QED) is 0.767. The Morgan fingerprint density at radius 1 is 1.31 bits per heavy atom. The number of hydrogen-bond donors (Lipinski definition) is 2.